The molecule has 19 heteroatoms. The minimum absolute atomic E-state index is 0.0210. The van der Waals surface area contributed by atoms with E-state index >= 15 is 0 Å². The number of hydrogen-bond donors (Lipinski definition) is 1. The molecule has 2 fully saturated rings. The number of hydrogen-bond acceptors (Lipinski definition) is 11. The first-order chi connectivity index (χ1) is 36.1. The van der Waals surface area contributed by atoms with E-state index < -0.39 is 30.8 Å². The van der Waals surface area contributed by atoms with E-state index in [1.165, 1.54) is 65.4 Å². The van der Waals surface area contributed by atoms with Gasteiger partial charge in [-0.3, -0.25) is 19.1 Å². The summed E-state index contributed by atoms with van der Waals surface area (Å²) in [6, 6.07) is 35.4. The Hall–Kier alpha value is -6.24. The van der Waals surface area contributed by atoms with Gasteiger partial charge in [-0.25, -0.2) is 13.1 Å². The monoisotopic (exact) mass is 1150 g/mol. The van der Waals surface area contributed by atoms with Gasteiger partial charge in [-0.1, -0.05) is 131 Å². The van der Waals surface area contributed by atoms with Gasteiger partial charge in [0.15, 0.2) is 0 Å². The summed E-state index contributed by atoms with van der Waals surface area (Å²) in [5.74, 6) is 2.22. The lowest BCUT2D eigenvalue weighted by Crippen LogP contribution is -2.19. The maximum Gasteiger partial charge on any atom is 0.277 e. The van der Waals surface area contributed by atoms with Crippen molar-refractivity contribution in [2.45, 2.75) is 50.5 Å². The van der Waals surface area contributed by atoms with Gasteiger partial charge in [0.05, 0.1) is 49.9 Å². The van der Waals surface area contributed by atoms with Crippen LogP contribution in [0.15, 0.2) is 135 Å². The first-order valence-corrected chi connectivity index (χ1v) is 29.9. The zero-order chi connectivity index (χ0) is 53.3. The second-order valence-corrected chi connectivity index (χ2v) is 24.5. The summed E-state index contributed by atoms with van der Waals surface area (Å²) in [5.41, 5.74) is 2.93. The maximum absolute atomic E-state index is 13.6. The number of rotatable bonds is 12. The third-order valence-electron chi connectivity index (χ3n) is 12.9. The Morgan fingerprint density at radius 1 is 0.640 bits per heavy atom. The van der Waals surface area contributed by atoms with Gasteiger partial charge in [0, 0.05) is 59.8 Å². The van der Waals surface area contributed by atoms with Gasteiger partial charge in [-0.15, -0.1) is 0 Å². The van der Waals surface area contributed by atoms with Crippen LogP contribution in [0, 0.1) is 0 Å². The van der Waals surface area contributed by atoms with E-state index in [9.17, 15) is 22.8 Å². The molecule has 14 nitrogen and oxygen atoms in total. The first-order valence-electron chi connectivity index (χ1n) is 24.3. The molecule has 0 radical (unpaired) electrons. The molecule has 6 aromatic carbocycles. The molecule has 2 aliphatic rings. The summed E-state index contributed by atoms with van der Waals surface area (Å²) in [6.07, 6.45) is 8.29. The number of benzene rings is 6. The molecular formula is C56H57BrCl2N6O8S2. The Morgan fingerprint density at radius 2 is 1.11 bits per heavy atom. The highest BCUT2D eigenvalue weighted by atomic mass is 79.9. The molecule has 0 aliphatic carbocycles. The number of aromatic amines is 1. The van der Waals surface area contributed by atoms with Crippen LogP contribution in [0.4, 0.5) is 11.4 Å². The molecule has 0 amide bonds. The van der Waals surface area contributed by atoms with Crippen LogP contribution in [0.5, 0.6) is 17.4 Å². The molecule has 75 heavy (non-hydrogen) atoms. The number of alkyl halides is 1. The smallest absolute Gasteiger partial charge is 0.277 e. The third kappa shape index (κ3) is 12.9. The van der Waals surface area contributed by atoms with Gasteiger partial charge in [0.1, 0.15) is 40.6 Å². The van der Waals surface area contributed by atoms with Crippen molar-refractivity contribution < 1.29 is 32.2 Å². The highest BCUT2D eigenvalue weighted by Crippen LogP contribution is 2.42. The van der Waals surface area contributed by atoms with Crippen molar-refractivity contribution in [2.75, 3.05) is 37.2 Å². The minimum Gasteiger partial charge on any atom is -0.494 e. The van der Waals surface area contributed by atoms with Gasteiger partial charge in [-0.2, -0.15) is 13.8 Å². The Morgan fingerprint density at radius 3 is 1.57 bits per heavy atom. The average molecular weight is 1160 g/mol. The largest absolute Gasteiger partial charge is 0.494 e. The Kier molecular flexibility index (Phi) is 18.1. The van der Waals surface area contributed by atoms with Crippen molar-refractivity contribution in [1.82, 2.24) is 19.6 Å². The molecule has 2 aliphatic heterocycles. The molecule has 1 N–H and O–H groups in total. The van der Waals surface area contributed by atoms with Gasteiger partial charge in [0.25, 0.3) is 5.56 Å². The van der Waals surface area contributed by atoms with Crippen molar-refractivity contribution in [3.63, 3.8) is 0 Å². The molecule has 2 saturated heterocycles. The Balaban J connectivity index is 0.000000169. The molecule has 4 heterocycles. The quantitative estimate of drug-likeness (QED) is 0.0921. The minimum atomic E-state index is -2.46. The molecule has 0 atom stereocenters. The van der Waals surface area contributed by atoms with Gasteiger partial charge in [-0.05, 0) is 88.7 Å². The van der Waals surface area contributed by atoms with Crippen LogP contribution >= 0.6 is 39.1 Å². The molecule has 2 aromatic heterocycles. The van der Waals surface area contributed by atoms with Crippen LogP contribution in [0.2, 0.25) is 10.0 Å². The lowest BCUT2D eigenvalue weighted by atomic mass is 10.0. The van der Waals surface area contributed by atoms with Gasteiger partial charge in [0.2, 0.25) is 17.4 Å². The van der Waals surface area contributed by atoms with E-state index in [2.05, 4.69) is 89.5 Å². The SMILES string of the molecule is BrCc1ccc2ccccc2c1.COc1ccc(C(=O)c2c[nH]n(C)c2=O)c(Cl)c1N=S1(=O)CCCCC1.COc1ccc(C(=O)c2cnn(C)c2OCc2ccc3ccccc3c2)c(Cl)c1N=S1(=O)CCCCC1. The zero-order valence-electron chi connectivity index (χ0n) is 42.0. The Labute approximate surface area is 455 Å². The van der Waals surface area contributed by atoms with Crippen molar-refractivity contribution in [3.05, 3.63) is 175 Å². The van der Waals surface area contributed by atoms with E-state index in [1.54, 1.807) is 25.2 Å². The van der Waals surface area contributed by atoms with Crippen LogP contribution in [0.25, 0.3) is 21.5 Å². The third-order valence-corrected chi connectivity index (χ3v) is 19.1. The molecular weight excluding hydrogens is 1100 g/mol. The van der Waals surface area contributed by atoms with E-state index in [0.717, 1.165) is 60.2 Å². The summed E-state index contributed by atoms with van der Waals surface area (Å²) in [4.78, 5) is 38.4. The molecule has 10 rings (SSSR count). The van der Waals surface area contributed by atoms with E-state index in [4.69, 9.17) is 37.4 Å². The van der Waals surface area contributed by atoms with Crippen LogP contribution in [0.1, 0.15) is 81.5 Å². The number of carbonyl (C=O) groups is 2. The van der Waals surface area contributed by atoms with E-state index in [0.29, 0.717) is 40.4 Å². The first kappa shape index (κ1) is 55.0. The van der Waals surface area contributed by atoms with Crippen LogP contribution in [-0.2, 0) is 45.5 Å². The summed E-state index contributed by atoms with van der Waals surface area (Å²) < 4.78 is 54.8. The van der Waals surface area contributed by atoms with Gasteiger partial charge >= 0.3 is 0 Å². The van der Waals surface area contributed by atoms with Crippen LogP contribution in [-0.4, -0.2) is 76.8 Å². The number of ketones is 2. The van der Waals surface area contributed by atoms with Gasteiger partial charge < -0.3 is 19.3 Å². The summed E-state index contributed by atoms with van der Waals surface area (Å²) in [6.45, 7) is 0.267. The second-order valence-electron chi connectivity index (χ2n) is 18.1. The summed E-state index contributed by atoms with van der Waals surface area (Å²) in [5, 5.41) is 12.9. The number of nitrogens with zero attached hydrogens (tertiary/aromatic N) is 5. The zero-order valence-corrected chi connectivity index (χ0v) is 46.7. The van der Waals surface area contributed by atoms with Crippen LogP contribution in [0.3, 0.4) is 0 Å². The number of carbonyl (C=O) groups excluding carboxylic acids is 2. The number of fused-ring (bicyclic) bond motifs is 2. The predicted octanol–water partition coefficient (Wildman–Crippen LogP) is 13.0. The molecule has 0 unspecified atom stereocenters. The van der Waals surface area contributed by atoms with Crippen LogP contribution < -0.4 is 19.8 Å². The fourth-order valence-electron chi connectivity index (χ4n) is 8.80. The average Bonchev–Trinajstić information content (AvgIpc) is 3.97. The number of halogens is 3. The molecule has 0 saturated carbocycles. The molecule has 0 bridgehead atoms. The normalized spacial score (nSPS) is 14.7. The maximum atomic E-state index is 13.6. The van der Waals surface area contributed by atoms with Crippen molar-refractivity contribution in [1.29, 1.82) is 0 Å². The highest BCUT2D eigenvalue weighted by Gasteiger charge is 2.27. The number of H-pyrrole nitrogens is 1. The number of ether oxygens (including phenoxy) is 3. The van der Waals surface area contributed by atoms with E-state index in [1.807, 2.05) is 30.3 Å². The molecule has 8 aromatic rings. The molecule has 0 spiro atoms. The number of nitrogens with one attached hydrogen (secondary N) is 1. The summed E-state index contributed by atoms with van der Waals surface area (Å²) >= 11 is 16.6. The number of aromatic nitrogens is 4. The van der Waals surface area contributed by atoms with Crippen molar-refractivity contribution in [3.8, 4) is 17.4 Å². The fourth-order valence-corrected chi connectivity index (χ4v) is 14.2. The summed E-state index contributed by atoms with van der Waals surface area (Å²) in [7, 11) is 1.31. The lowest BCUT2D eigenvalue weighted by molar-refractivity contribution is 0.102. The fraction of sp³-hybridized carbons (Fsp3) is 0.286. The van der Waals surface area contributed by atoms with Crippen molar-refractivity contribution in [2.24, 2.45) is 22.8 Å². The Bertz CT molecular complexity index is 3720. The number of methoxy groups -OCH3 is 2. The lowest BCUT2D eigenvalue weighted by Gasteiger charge is -2.17. The second kappa shape index (κ2) is 24.6. The predicted molar refractivity (Wildman–Crippen MR) is 305 cm³/mol. The topological polar surface area (TPSA) is 176 Å². The van der Waals surface area contributed by atoms with E-state index in [-0.39, 0.29) is 56.1 Å². The highest BCUT2D eigenvalue weighted by molar-refractivity contribution is 9.08. The molecule has 392 valence electrons. The van der Waals surface area contributed by atoms with Crippen molar-refractivity contribution >= 4 is 103 Å². The standard InChI is InChI=1S/C28H28ClN3O4S.C17H20ClN3O4S.C11H9Br/c1-32-28(36-18-19-10-11-20-8-4-5-9-21(20)16-19)23(17-30-32)27(33)22-12-13-24(35-2)26(25(22)29)31-37(34)14-6-3-7-15-37;1-21-17(23)12(10-19-21)16(22)11-6-7-13(25-2)15(14(11)18)20-26(24)8-4-3-5-9-26;12-8-9-5-6-10-3-1-2-4-11(10)7-9/h4-5,8-13,16-17H,3,6-7,14-15,18H2,1-2H3;6-7,10,19H,3-5,8-9H2,1-2H3;1-7H,8H2. The number of aryl methyl sites for hydroxylation is 2.